The van der Waals surface area contributed by atoms with Gasteiger partial charge in [0.2, 0.25) is 5.88 Å². The van der Waals surface area contributed by atoms with Crippen molar-refractivity contribution in [3.63, 3.8) is 0 Å². The van der Waals surface area contributed by atoms with E-state index < -0.39 is 0 Å². The van der Waals surface area contributed by atoms with Gasteiger partial charge in [-0.3, -0.25) is 4.90 Å². The van der Waals surface area contributed by atoms with Gasteiger partial charge >= 0.3 is 0 Å². The molecule has 3 N–H and O–H groups in total. The highest BCUT2D eigenvalue weighted by Gasteiger charge is 2.25. The Balaban J connectivity index is 1.59. The monoisotopic (exact) mass is 321 g/mol. The number of nitrogen functional groups attached to an aromatic ring is 1. The van der Waals surface area contributed by atoms with Gasteiger partial charge in [-0.2, -0.15) is 9.78 Å². The number of nitrogens with two attached hydrogens (primary N) is 1. The number of aromatic hydroxyl groups is 1. The molecule has 0 radical (unpaired) electrons. The van der Waals surface area contributed by atoms with Gasteiger partial charge in [0.1, 0.15) is 5.82 Å². The molecule has 2 aromatic heterocycles. The summed E-state index contributed by atoms with van der Waals surface area (Å²) in [6.07, 6.45) is 0.774. The highest BCUT2D eigenvalue weighted by molar-refractivity contribution is 5.41. The minimum atomic E-state index is 0.169. The number of hydrogen-bond donors (Lipinski definition) is 2. The molecule has 6 heteroatoms. The number of anilines is 1. The molecule has 3 aromatic rings. The first-order chi connectivity index (χ1) is 11.7. The second-order valence-corrected chi connectivity index (χ2v) is 6.03. The molecule has 4 rings (SSSR count). The third-order valence-corrected chi connectivity index (χ3v) is 4.31. The Labute approximate surface area is 140 Å². The van der Waals surface area contributed by atoms with Crippen LogP contribution in [-0.2, 0) is 19.5 Å². The lowest BCUT2D eigenvalue weighted by Crippen LogP contribution is -2.29. The molecular weight excluding hydrogens is 302 g/mol. The van der Waals surface area contributed by atoms with Gasteiger partial charge in [0.05, 0.1) is 5.69 Å². The predicted molar refractivity (Wildman–Crippen MR) is 91.7 cm³/mol. The maximum absolute atomic E-state index is 10.5. The van der Waals surface area contributed by atoms with E-state index in [0.29, 0.717) is 18.2 Å². The minimum absolute atomic E-state index is 0.169. The van der Waals surface area contributed by atoms with Crippen molar-refractivity contribution in [2.45, 2.75) is 19.5 Å². The Morgan fingerprint density at radius 2 is 1.92 bits per heavy atom. The average molecular weight is 321 g/mol. The Kier molecular flexibility index (Phi) is 3.66. The molecule has 0 unspecified atom stereocenters. The van der Waals surface area contributed by atoms with Crippen molar-refractivity contribution in [1.29, 1.82) is 0 Å². The topological polar surface area (TPSA) is 80.2 Å². The van der Waals surface area contributed by atoms with Crippen LogP contribution in [0.25, 0.3) is 5.82 Å². The number of fused-ring (bicyclic) bond motifs is 1. The fraction of sp³-hybridized carbons (Fsp3) is 0.222. The summed E-state index contributed by atoms with van der Waals surface area (Å²) in [7, 11) is 0. The summed E-state index contributed by atoms with van der Waals surface area (Å²) in [6, 6.07) is 15.7. The van der Waals surface area contributed by atoms with Crippen molar-refractivity contribution in [1.82, 2.24) is 19.7 Å². The van der Waals surface area contributed by atoms with Crippen molar-refractivity contribution in [3.05, 3.63) is 65.4 Å². The molecular formula is C18H19N5O. The molecule has 0 amide bonds. The van der Waals surface area contributed by atoms with E-state index in [0.717, 1.165) is 30.8 Å². The molecule has 0 bridgehead atoms. The molecule has 1 aliphatic heterocycles. The molecule has 0 spiro atoms. The Hall–Kier alpha value is -2.86. The number of benzene rings is 1. The van der Waals surface area contributed by atoms with E-state index in [-0.39, 0.29) is 5.88 Å². The lowest BCUT2D eigenvalue weighted by molar-refractivity contribution is 0.241. The Morgan fingerprint density at radius 3 is 2.71 bits per heavy atom. The summed E-state index contributed by atoms with van der Waals surface area (Å²) in [5, 5.41) is 15.1. The van der Waals surface area contributed by atoms with Gasteiger partial charge in [-0.15, -0.1) is 0 Å². The highest BCUT2D eigenvalue weighted by Crippen LogP contribution is 2.29. The highest BCUT2D eigenvalue weighted by atomic mass is 16.3. The normalized spacial score (nSPS) is 14.5. The quantitative estimate of drug-likeness (QED) is 0.772. The van der Waals surface area contributed by atoms with E-state index in [2.05, 4.69) is 39.2 Å². The van der Waals surface area contributed by atoms with E-state index in [4.69, 9.17) is 5.73 Å². The van der Waals surface area contributed by atoms with Crippen LogP contribution in [0.15, 0.2) is 48.5 Å². The first kappa shape index (κ1) is 14.7. The molecule has 0 saturated carbocycles. The molecule has 0 aliphatic carbocycles. The summed E-state index contributed by atoms with van der Waals surface area (Å²) in [6.45, 7) is 2.49. The van der Waals surface area contributed by atoms with Crippen molar-refractivity contribution in [2.75, 3.05) is 12.3 Å². The number of pyridine rings is 1. The van der Waals surface area contributed by atoms with Gasteiger partial charge in [0.15, 0.2) is 5.82 Å². The molecule has 6 nitrogen and oxygen atoms in total. The fourth-order valence-electron chi connectivity index (χ4n) is 3.12. The van der Waals surface area contributed by atoms with Crippen LogP contribution in [0.4, 0.5) is 5.82 Å². The smallest absolute Gasteiger partial charge is 0.219 e. The first-order valence-corrected chi connectivity index (χ1v) is 7.99. The van der Waals surface area contributed by atoms with Gasteiger partial charge in [-0.1, -0.05) is 36.4 Å². The van der Waals surface area contributed by atoms with Gasteiger partial charge in [0.25, 0.3) is 0 Å². The second kappa shape index (κ2) is 5.98. The number of hydrogen-bond acceptors (Lipinski definition) is 5. The van der Waals surface area contributed by atoms with E-state index >= 15 is 0 Å². The molecule has 0 fully saturated rings. The average Bonchev–Trinajstić information content (AvgIpc) is 2.92. The summed E-state index contributed by atoms with van der Waals surface area (Å²) < 4.78 is 1.48. The molecule has 3 heterocycles. The largest absolute Gasteiger partial charge is 0.493 e. The third-order valence-electron chi connectivity index (χ3n) is 4.31. The van der Waals surface area contributed by atoms with Crippen LogP contribution in [0, 0.1) is 0 Å². The zero-order valence-electron chi connectivity index (χ0n) is 13.3. The van der Waals surface area contributed by atoms with E-state index in [1.165, 1.54) is 10.2 Å². The van der Waals surface area contributed by atoms with Crippen LogP contribution in [0.3, 0.4) is 0 Å². The lowest BCUT2D eigenvalue weighted by atomic mass is 10.1. The van der Waals surface area contributed by atoms with E-state index in [1.54, 1.807) is 18.2 Å². The van der Waals surface area contributed by atoms with Crippen LogP contribution in [-0.4, -0.2) is 31.3 Å². The minimum Gasteiger partial charge on any atom is -0.493 e. The zero-order chi connectivity index (χ0) is 16.5. The van der Waals surface area contributed by atoms with Crippen LogP contribution in [0.5, 0.6) is 5.88 Å². The van der Waals surface area contributed by atoms with Crippen LogP contribution in [0.2, 0.25) is 0 Å². The zero-order valence-corrected chi connectivity index (χ0v) is 13.3. The summed E-state index contributed by atoms with van der Waals surface area (Å²) in [5.74, 6) is 1.12. The maximum atomic E-state index is 10.5. The van der Waals surface area contributed by atoms with E-state index in [9.17, 15) is 5.11 Å². The molecule has 1 aliphatic rings. The second-order valence-electron chi connectivity index (χ2n) is 6.03. The molecule has 122 valence electrons. The van der Waals surface area contributed by atoms with Crippen molar-refractivity contribution >= 4 is 5.82 Å². The van der Waals surface area contributed by atoms with Gasteiger partial charge < -0.3 is 10.8 Å². The van der Waals surface area contributed by atoms with Crippen molar-refractivity contribution in [3.8, 4) is 11.7 Å². The fourth-order valence-corrected chi connectivity index (χ4v) is 3.12. The van der Waals surface area contributed by atoms with E-state index in [1.807, 2.05) is 6.07 Å². The molecule has 24 heavy (non-hydrogen) atoms. The summed E-state index contributed by atoms with van der Waals surface area (Å²) in [5.41, 5.74) is 8.82. The van der Waals surface area contributed by atoms with Gasteiger partial charge in [0, 0.05) is 25.2 Å². The summed E-state index contributed by atoms with van der Waals surface area (Å²) in [4.78, 5) is 6.57. The number of nitrogens with zero attached hydrogens (tertiary/aromatic N) is 4. The lowest BCUT2D eigenvalue weighted by Gasteiger charge is -2.25. The van der Waals surface area contributed by atoms with Gasteiger partial charge in [-0.05, 0) is 24.1 Å². The van der Waals surface area contributed by atoms with Crippen LogP contribution in [0.1, 0.15) is 16.8 Å². The maximum Gasteiger partial charge on any atom is 0.219 e. The molecule has 0 atom stereocenters. The Morgan fingerprint density at radius 1 is 1.08 bits per heavy atom. The SMILES string of the molecule is Nc1cccc(-n2nc3c(c2O)CCN(Cc2ccccc2)C3)n1. The first-order valence-electron chi connectivity index (χ1n) is 7.99. The molecule has 1 aromatic carbocycles. The van der Waals surface area contributed by atoms with Crippen molar-refractivity contribution in [2.24, 2.45) is 0 Å². The van der Waals surface area contributed by atoms with Crippen LogP contribution < -0.4 is 5.73 Å². The Bertz CT molecular complexity index is 859. The standard InChI is InChI=1S/C18H19N5O/c19-16-7-4-8-17(20-16)23-18(24)14-9-10-22(12-15(14)21-23)11-13-5-2-1-3-6-13/h1-8,24H,9-12H2,(H2,19,20). The number of rotatable bonds is 3. The third kappa shape index (κ3) is 2.72. The van der Waals surface area contributed by atoms with Gasteiger partial charge in [-0.25, -0.2) is 4.98 Å². The molecule has 0 saturated heterocycles. The summed E-state index contributed by atoms with van der Waals surface area (Å²) >= 11 is 0. The number of aromatic nitrogens is 3. The predicted octanol–water partition coefficient (Wildman–Crippen LogP) is 2.11. The van der Waals surface area contributed by atoms with Crippen molar-refractivity contribution < 1.29 is 5.11 Å². The van der Waals surface area contributed by atoms with Crippen LogP contribution >= 0.6 is 0 Å².